The fourth-order valence-electron chi connectivity index (χ4n) is 1.87. The zero-order valence-electron chi connectivity index (χ0n) is 12.2. The summed E-state index contributed by atoms with van der Waals surface area (Å²) in [6.45, 7) is 7.05. The lowest BCUT2D eigenvalue weighted by Gasteiger charge is -2.25. The van der Waals surface area contributed by atoms with Crippen LogP contribution in [-0.4, -0.2) is 22.6 Å². The third kappa shape index (κ3) is 5.63. The van der Waals surface area contributed by atoms with Gasteiger partial charge < -0.3 is 5.32 Å². The Hall–Kier alpha value is -0.870. The number of aromatic nitrogens is 2. The normalized spacial score (nSPS) is 11.4. The molecule has 0 spiro atoms. The largest absolute Gasteiger partial charge is 0.351 e. The van der Waals surface area contributed by atoms with E-state index in [-0.39, 0.29) is 27.2 Å². The molecule has 1 aromatic rings. The van der Waals surface area contributed by atoms with E-state index in [9.17, 15) is 4.79 Å². The number of halogens is 2. The standard InChI is InChI=1S/C14H21Cl2N3O/c1-4-5-6-7-14(2,3)9-17-13(20)10-8-11(15)18-19-12(10)16/h8H,4-7,9H2,1-3H3,(H,17,20). The Morgan fingerprint density at radius 3 is 2.65 bits per heavy atom. The van der Waals surface area contributed by atoms with E-state index in [1.54, 1.807) is 0 Å². The average molecular weight is 318 g/mol. The summed E-state index contributed by atoms with van der Waals surface area (Å²) in [4.78, 5) is 12.1. The number of nitrogens with zero attached hydrogens (tertiary/aromatic N) is 2. The second-order valence-electron chi connectivity index (χ2n) is 5.68. The van der Waals surface area contributed by atoms with Gasteiger partial charge in [0.1, 0.15) is 0 Å². The molecular weight excluding hydrogens is 297 g/mol. The lowest BCUT2D eigenvalue weighted by molar-refractivity contribution is 0.0933. The van der Waals surface area contributed by atoms with Gasteiger partial charge in [-0.1, -0.05) is 63.2 Å². The molecule has 0 atom stereocenters. The van der Waals surface area contributed by atoms with Crippen LogP contribution in [0.5, 0.6) is 0 Å². The summed E-state index contributed by atoms with van der Waals surface area (Å²) in [7, 11) is 0. The van der Waals surface area contributed by atoms with Crippen molar-refractivity contribution in [2.24, 2.45) is 5.41 Å². The van der Waals surface area contributed by atoms with Crippen molar-refractivity contribution in [3.8, 4) is 0 Å². The van der Waals surface area contributed by atoms with E-state index in [1.807, 2.05) is 0 Å². The Bertz CT molecular complexity index is 464. The van der Waals surface area contributed by atoms with Crippen LogP contribution in [0.4, 0.5) is 0 Å². The van der Waals surface area contributed by atoms with Crippen LogP contribution in [0.15, 0.2) is 6.07 Å². The Labute approximate surface area is 130 Å². The molecule has 1 heterocycles. The SMILES string of the molecule is CCCCCC(C)(C)CNC(=O)c1cc(Cl)nnc1Cl. The van der Waals surface area contributed by atoms with Crippen molar-refractivity contribution in [2.45, 2.75) is 46.5 Å². The zero-order valence-corrected chi connectivity index (χ0v) is 13.7. The number of amides is 1. The number of carbonyl (C=O) groups is 1. The van der Waals surface area contributed by atoms with Crippen molar-refractivity contribution in [2.75, 3.05) is 6.54 Å². The number of carbonyl (C=O) groups excluding carboxylic acids is 1. The van der Waals surface area contributed by atoms with Crippen molar-refractivity contribution >= 4 is 29.1 Å². The van der Waals surface area contributed by atoms with E-state index in [0.717, 1.165) is 6.42 Å². The molecule has 1 N–H and O–H groups in total. The van der Waals surface area contributed by atoms with Crippen molar-refractivity contribution in [1.82, 2.24) is 15.5 Å². The molecule has 112 valence electrons. The molecule has 0 radical (unpaired) electrons. The van der Waals surface area contributed by atoms with Gasteiger partial charge in [-0.3, -0.25) is 4.79 Å². The summed E-state index contributed by atoms with van der Waals surface area (Å²) in [5, 5.41) is 10.3. The molecule has 0 aliphatic rings. The number of rotatable bonds is 7. The molecule has 0 aromatic carbocycles. The van der Waals surface area contributed by atoms with E-state index < -0.39 is 0 Å². The molecule has 0 saturated heterocycles. The van der Waals surface area contributed by atoms with Gasteiger partial charge in [0, 0.05) is 6.54 Å². The van der Waals surface area contributed by atoms with Gasteiger partial charge in [-0.25, -0.2) is 0 Å². The first kappa shape index (κ1) is 17.2. The highest BCUT2D eigenvalue weighted by molar-refractivity contribution is 6.34. The molecule has 0 saturated carbocycles. The maximum absolute atomic E-state index is 12.1. The van der Waals surface area contributed by atoms with E-state index in [2.05, 4.69) is 36.3 Å². The highest BCUT2D eigenvalue weighted by Gasteiger charge is 2.20. The van der Waals surface area contributed by atoms with Crippen LogP contribution in [0.25, 0.3) is 0 Å². The van der Waals surface area contributed by atoms with Crippen molar-refractivity contribution in [3.05, 3.63) is 21.9 Å². The molecule has 1 amide bonds. The minimum atomic E-state index is -0.268. The molecule has 0 aliphatic carbocycles. The molecule has 1 aromatic heterocycles. The van der Waals surface area contributed by atoms with Crippen molar-refractivity contribution in [3.63, 3.8) is 0 Å². The van der Waals surface area contributed by atoms with Crippen LogP contribution in [0.3, 0.4) is 0 Å². The van der Waals surface area contributed by atoms with Gasteiger partial charge in [-0.2, -0.15) is 0 Å². The first-order chi connectivity index (χ1) is 9.35. The van der Waals surface area contributed by atoms with Crippen LogP contribution < -0.4 is 5.32 Å². The van der Waals surface area contributed by atoms with Gasteiger partial charge in [-0.05, 0) is 17.9 Å². The summed E-state index contributed by atoms with van der Waals surface area (Å²) in [6.07, 6.45) is 4.65. The van der Waals surface area contributed by atoms with Gasteiger partial charge in [0.2, 0.25) is 0 Å². The smallest absolute Gasteiger partial charge is 0.254 e. The zero-order chi connectivity index (χ0) is 15.2. The molecule has 0 unspecified atom stereocenters. The second-order valence-corrected chi connectivity index (χ2v) is 6.42. The Morgan fingerprint density at radius 1 is 1.30 bits per heavy atom. The Kier molecular flexibility index (Phi) is 6.69. The highest BCUT2D eigenvalue weighted by Crippen LogP contribution is 2.23. The van der Waals surface area contributed by atoms with Gasteiger partial charge >= 0.3 is 0 Å². The second kappa shape index (κ2) is 7.79. The molecule has 1 rings (SSSR count). The lowest BCUT2D eigenvalue weighted by atomic mass is 9.87. The maximum atomic E-state index is 12.1. The van der Waals surface area contributed by atoms with E-state index >= 15 is 0 Å². The van der Waals surface area contributed by atoms with Gasteiger partial charge in [0.25, 0.3) is 5.91 Å². The van der Waals surface area contributed by atoms with Crippen molar-refractivity contribution in [1.29, 1.82) is 0 Å². The summed E-state index contributed by atoms with van der Waals surface area (Å²) in [5.74, 6) is -0.268. The molecule has 0 aliphatic heterocycles. The topological polar surface area (TPSA) is 54.9 Å². The quantitative estimate of drug-likeness (QED) is 0.769. The number of unbranched alkanes of at least 4 members (excludes halogenated alkanes) is 2. The third-order valence-corrected chi connectivity index (χ3v) is 3.61. The van der Waals surface area contributed by atoms with E-state index in [1.165, 1.54) is 25.3 Å². The molecule has 0 bridgehead atoms. The van der Waals surface area contributed by atoms with Crippen LogP contribution >= 0.6 is 23.2 Å². The van der Waals surface area contributed by atoms with Crippen molar-refractivity contribution < 1.29 is 4.79 Å². The summed E-state index contributed by atoms with van der Waals surface area (Å²) >= 11 is 11.6. The lowest BCUT2D eigenvalue weighted by Crippen LogP contribution is -2.34. The Balaban J connectivity index is 2.56. The number of nitrogens with one attached hydrogen (secondary N) is 1. The average Bonchev–Trinajstić information content (AvgIpc) is 2.39. The fraction of sp³-hybridized carbons (Fsp3) is 0.643. The maximum Gasteiger partial charge on any atom is 0.254 e. The highest BCUT2D eigenvalue weighted by atomic mass is 35.5. The number of hydrogen-bond acceptors (Lipinski definition) is 3. The van der Waals surface area contributed by atoms with E-state index in [0.29, 0.717) is 6.54 Å². The minimum Gasteiger partial charge on any atom is -0.351 e. The summed E-state index contributed by atoms with van der Waals surface area (Å²) in [6, 6.07) is 1.43. The molecule has 4 nitrogen and oxygen atoms in total. The predicted octanol–water partition coefficient (Wildman–Crippen LogP) is 4.12. The van der Waals surface area contributed by atoms with Gasteiger partial charge in [-0.15, -0.1) is 10.2 Å². The minimum absolute atomic E-state index is 0.0571. The monoisotopic (exact) mass is 317 g/mol. The summed E-state index contributed by atoms with van der Waals surface area (Å²) in [5.41, 5.74) is 0.317. The van der Waals surface area contributed by atoms with Crippen LogP contribution in [-0.2, 0) is 0 Å². The van der Waals surface area contributed by atoms with E-state index in [4.69, 9.17) is 23.2 Å². The van der Waals surface area contributed by atoms with Crippen LogP contribution in [0.1, 0.15) is 56.8 Å². The summed E-state index contributed by atoms with van der Waals surface area (Å²) < 4.78 is 0. The molecule has 20 heavy (non-hydrogen) atoms. The first-order valence-electron chi connectivity index (χ1n) is 6.82. The first-order valence-corrected chi connectivity index (χ1v) is 7.58. The van der Waals surface area contributed by atoms with Crippen LogP contribution in [0, 0.1) is 5.41 Å². The number of hydrogen-bond donors (Lipinski definition) is 1. The molecule has 0 fully saturated rings. The molecular formula is C14H21Cl2N3O. The third-order valence-electron chi connectivity index (χ3n) is 3.15. The van der Waals surface area contributed by atoms with Gasteiger partial charge in [0.05, 0.1) is 5.56 Å². The van der Waals surface area contributed by atoms with Gasteiger partial charge in [0.15, 0.2) is 10.3 Å². The fourth-order valence-corrected chi connectivity index (χ4v) is 2.19. The van der Waals surface area contributed by atoms with Crippen LogP contribution in [0.2, 0.25) is 10.3 Å². The molecule has 6 heteroatoms. The Morgan fingerprint density at radius 2 is 2.00 bits per heavy atom. The predicted molar refractivity (Wildman–Crippen MR) is 82.3 cm³/mol.